The van der Waals surface area contributed by atoms with E-state index in [0.717, 1.165) is 28.6 Å². The number of carboxylic acid groups (broad SMARTS) is 1. The Morgan fingerprint density at radius 1 is 1.44 bits per heavy atom. The van der Waals surface area contributed by atoms with Crippen LogP contribution in [0.1, 0.15) is 18.4 Å². The van der Waals surface area contributed by atoms with E-state index < -0.39 is 11.4 Å². The Bertz CT molecular complexity index is 439. The molecule has 1 saturated carbocycles. The van der Waals surface area contributed by atoms with Gasteiger partial charge in [0.25, 0.3) is 0 Å². The van der Waals surface area contributed by atoms with Crippen LogP contribution in [0.5, 0.6) is 0 Å². The third-order valence-corrected chi connectivity index (χ3v) is 3.81. The molecule has 0 spiro atoms. The van der Waals surface area contributed by atoms with E-state index in [-0.39, 0.29) is 0 Å². The van der Waals surface area contributed by atoms with Crippen molar-refractivity contribution in [1.82, 2.24) is 0 Å². The summed E-state index contributed by atoms with van der Waals surface area (Å²) in [6.45, 7) is 0. The number of nitrogens with zero attached hydrogens (tertiary/aromatic N) is 1. The Hall–Kier alpha value is -1.03. The van der Waals surface area contributed by atoms with Gasteiger partial charge in [0.15, 0.2) is 0 Å². The maximum Gasteiger partial charge on any atom is 0.314 e. The lowest BCUT2D eigenvalue weighted by Crippen LogP contribution is -2.20. The maximum atomic E-state index is 11.2. The molecular formula is C12H14BrNO2. The minimum atomic E-state index is -0.709. The van der Waals surface area contributed by atoms with Crippen molar-refractivity contribution < 1.29 is 9.90 Å². The fraction of sp³-hybridized carbons (Fsp3) is 0.417. The topological polar surface area (TPSA) is 40.5 Å². The van der Waals surface area contributed by atoms with Gasteiger partial charge < -0.3 is 10.0 Å². The molecule has 1 fully saturated rings. The van der Waals surface area contributed by atoms with Crippen molar-refractivity contribution in [2.45, 2.75) is 18.3 Å². The van der Waals surface area contributed by atoms with Crippen LogP contribution in [0.4, 0.5) is 5.69 Å². The van der Waals surface area contributed by atoms with Crippen molar-refractivity contribution in [3.05, 3.63) is 28.2 Å². The van der Waals surface area contributed by atoms with Crippen LogP contribution < -0.4 is 4.90 Å². The number of hydrogen-bond acceptors (Lipinski definition) is 2. The maximum absolute atomic E-state index is 11.2. The number of halogens is 1. The Morgan fingerprint density at radius 3 is 2.50 bits per heavy atom. The fourth-order valence-corrected chi connectivity index (χ4v) is 2.51. The second-order valence-corrected chi connectivity index (χ2v) is 5.30. The molecule has 16 heavy (non-hydrogen) atoms. The van der Waals surface area contributed by atoms with Crippen LogP contribution in [-0.4, -0.2) is 25.2 Å². The van der Waals surface area contributed by atoms with E-state index in [0.29, 0.717) is 0 Å². The highest BCUT2D eigenvalue weighted by Gasteiger charge is 2.51. The normalized spacial score (nSPS) is 16.9. The first-order chi connectivity index (χ1) is 7.47. The third kappa shape index (κ3) is 1.71. The summed E-state index contributed by atoms with van der Waals surface area (Å²) < 4.78 is 0.988. The fourth-order valence-electron chi connectivity index (χ4n) is 1.90. The highest BCUT2D eigenvalue weighted by molar-refractivity contribution is 9.10. The minimum absolute atomic E-state index is 0.620. The van der Waals surface area contributed by atoms with Crippen LogP contribution in [-0.2, 0) is 10.2 Å². The number of hydrogen-bond donors (Lipinski definition) is 1. The third-order valence-electron chi connectivity index (χ3n) is 3.14. The van der Waals surface area contributed by atoms with Gasteiger partial charge in [0.05, 0.1) is 11.1 Å². The smallest absolute Gasteiger partial charge is 0.314 e. The van der Waals surface area contributed by atoms with Crippen LogP contribution in [0.25, 0.3) is 0 Å². The second-order valence-electron chi connectivity index (χ2n) is 4.45. The van der Waals surface area contributed by atoms with Gasteiger partial charge in [0.2, 0.25) is 0 Å². The molecule has 86 valence electrons. The van der Waals surface area contributed by atoms with Gasteiger partial charge in [-0.15, -0.1) is 0 Å². The lowest BCUT2D eigenvalue weighted by Gasteiger charge is -2.18. The zero-order valence-electron chi connectivity index (χ0n) is 9.33. The summed E-state index contributed by atoms with van der Waals surface area (Å²) in [5.41, 5.74) is 1.31. The average molecular weight is 284 g/mol. The van der Waals surface area contributed by atoms with E-state index in [1.165, 1.54) is 0 Å². The van der Waals surface area contributed by atoms with Gasteiger partial charge in [-0.25, -0.2) is 0 Å². The predicted octanol–water partition coefficient (Wildman–Crippen LogP) is 2.63. The zero-order valence-corrected chi connectivity index (χ0v) is 10.9. The summed E-state index contributed by atoms with van der Waals surface area (Å²) in [5, 5.41) is 9.23. The molecule has 1 aliphatic rings. The highest BCUT2D eigenvalue weighted by atomic mass is 79.9. The minimum Gasteiger partial charge on any atom is -0.481 e. The van der Waals surface area contributed by atoms with E-state index >= 15 is 0 Å². The van der Waals surface area contributed by atoms with E-state index in [1.54, 1.807) is 0 Å². The summed E-state index contributed by atoms with van der Waals surface area (Å²) in [6.07, 6.45) is 1.49. The molecule has 0 radical (unpaired) electrons. The van der Waals surface area contributed by atoms with E-state index in [4.69, 9.17) is 0 Å². The van der Waals surface area contributed by atoms with Gasteiger partial charge >= 0.3 is 5.97 Å². The molecule has 2 rings (SSSR count). The van der Waals surface area contributed by atoms with Gasteiger partial charge in [-0.2, -0.15) is 0 Å². The number of carbonyl (C=O) groups is 1. The van der Waals surface area contributed by atoms with E-state index in [2.05, 4.69) is 15.9 Å². The van der Waals surface area contributed by atoms with Crippen molar-refractivity contribution in [3.8, 4) is 0 Å². The molecule has 0 aliphatic heterocycles. The van der Waals surface area contributed by atoms with E-state index in [9.17, 15) is 9.90 Å². The SMILES string of the molecule is CN(C)c1cc(C2(C(=O)O)CC2)ccc1Br. The van der Waals surface area contributed by atoms with Gasteiger partial charge in [-0.05, 0) is 46.5 Å². The van der Waals surface area contributed by atoms with Gasteiger partial charge in [0, 0.05) is 18.6 Å². The van der Waals surface area contributed by atoms with Gasteiger partial charge in [0.1, 0.15) is 0 Å². The molecule has 1 aromatic carbocycles. The monoisotopic (exact) mass is 283 g/mol. The molecular weight excluding hydrogens is 270 g/mol. The van der Waals surface area contributed by atoms with Crippen molar-refractivity contribution in [1.29, 1.82) is 0 Å². The molecule has 4 heteroatoms. The van der Waals surface area contributed by atoms with Crippen molar-refractivity contribution >= 4 is 27.6 Å². The van der Waals surface area contributed by atoms with Crippen molar-refractivity contribution in [2.75, 3.05) is 19.0 Å². The predicted molar refractivity (Wildman–Crippen MR) is 67.0 cm³/mol. The molecule has 0 saturated heterocycles. The lowest BCUT2D eigenvalue weighted by molar-refractivity contribution is -0.140. The second kappa shape index (κ2) is 3.77. The Morgan fingerprint density at radius 2 is 2.06 bits per heavy atom. The number of rotatable bonds is 3. The van der Waals surface area contributed by atoms with Crippen LogP contribution in [0.15, 0.2) is 22.7 Å². The molecule has 0 bridgehead atoms. The molecule has 1 aliphatic carbocycles. The Labute approximate surface area is 103 Å². The standard InChI is InChI=1S/C12H14BrNO2/c1-14(2)10-7-8(3-4-9(10)13)12(5-6-12)11(15)16/h3-4,7H,5-6H2,1-2H3,(H,15,16). The molecule has 1 N–H and O–H groups in total. The molecule has 0 amide bonds. The molecule has 0 atom stereocenters. The molecule has 1 aromatic rings. The molecule has 3 nitrogen and oxygen atoms in total. The first kappa shape index (κ1) is 11.5. The summed E-state index contributed by atoms with van der Waals surface area (Å²) in [4.78, 5) is 13.2. The first-order valence-electron chi connectivity index (χ1n) is 5.18. The molecule has 0 heterocycles. The molecule has 0 unspecified atom stereocenters. The number of carboxylic acids is 1. The summed E-state index contributed by atoms with van der Waals surface area (Å²) in [6, 6.07) is 5.79. The number of aliphatic carboxylic acids is 1. The van der Waals surface area contributed by atoms with Crippen LogP contribution in [0.3, 0.4) is 0 Å². The van der Waals surface area contributed by atoms with E-state index in [1.807, 2.05) is 37.2 Å². The van der Waals surface area contributed by atoms with Gasteiger partial charge in [-0.1, -0.05) is 6.07 Å². The largest absolute Gasteiger partial charge is 0.481 e. The average Bonchev–Trinajstić information content (AvgIpc) is 2.98. The quantitative estimate of drug-likeness (QED) is 0.927. The van der Waals surface area contributed by atoms with Crippen molar-refractivity contribution in [2.24, 2.45) is 0 Å². The Balaban J connectivity index is 2.44. The van der Waals surface area contributed by atoms with Crippen LogP contribution in [0, 0.1) is 0 Å². The number of benzene rings is 1. The highest BCUT2D eigenvalue weighted by Crippen LogP contribution is 2.49. The Kier molecular flexibility index (Phi) is 2.70. The summed E-state index contributed by atoms with van der Waals surface area (Å²) in [7, 11) is 3.90. The summed E-state index contributed by atoms with van der Waals surface area (Å²) in [5.74, 6) is -0.709. The van der Waals surface area contributed by atoms with Crippen LogP contribution >= 0.6 is 15.9 Å². The zero-order chi connectivity index (χ0) is 11.9. The van der Waals surface area contributed by atoms with Crippen molar-refractivity contribution in [3.63, 3.8) is 0 Å². The summed E-state index contributed by atoms with van der Waals surface area (Å²) >= 11 is 3.47. The molecule has 0 aromatic heterocycles. The number of anilines is 1. The van der Waals surface area contributed by atoms with Crippen LogP contribution in [0.2, 0.25) is 0 Å². The first-order valence-corrected chi connectivity index (χ1v) is 5.97. The van der Waals surface area contributed by atoms with Gasteiger partial charge in [-0.3, -0.25) is 4.79 Å². The lowest BCUT2D eigenvalue weighted by atomic mass is 9.96.